The van der Waals surface area contributed by atoms with E-state index in [0.717, 1.165) is 35.3 Å². The summed E-state index contributed by atoms with van der Waals surface area (Å²) in [5.41, 5.74) is 1.77. The minimum absolute atomic E-state index is 0. The predicted molar refractivity (Wildman–Crippen MR) is 104 cm³/mol. The van der Waals surface area contributed by atoms with E-state index >= 15 is 0 Å². The highest BCUT2D eigenvalue weighted by Gasteiger charge is 2.14. The zero-order valence-corrected chi connectivity index (χ0v) is 16.6. The summed E-state index contributed by atoms with van der Waals surface area (Å²) in [6.45, 7) is 2.66. The van der Waals surface area contributed by atoms with Crippen LogP contribution in [-0.2, 0) is 11.3 Å². The normalized spacial score (nSPS) is 14.7. The molecule has 3 rings (SSSR count). The summed E-state index contributed by atoms with van der Waals surface area (Å²) in [7, 11) is 0. The lowest BCUT2D eigenvalue weighted by Crippen LogP contribution is -2.29. The van der Waals surface area contributed by atoms with Crippen molar-refractivity contribution in [2.75, 3.05) is 13.1 Å². The Bertz CT molecular complexity index is 659. The van der Waals surface area contributed by atoms with Gasteiger partial charge in [-0.2, -0.15) is 0 Å². The van der Waals surface area contributed by atoms with Crippen molar-refractivity contribution in [3.05, 3.63) is 34.7 Å². The third-order valence-electron chi connectivity index (χ3n) is 4.17. The molecule has 0 aliphatic carbocycles. The fourth-order valence-electron chi connectivity index (χ4n) is 2.89. The molecule has 3 heterocycles. The van der Waals surface area contributed by atoms with Crippen LogP contribution in [0.5, 0.6) is 0 Å². The minimum Gasteiger partial charge on any atom is -0.350 e. The van der Waals surface area contributed by atoms with Gasteiger partial charge < -0.3 is 15.0 Å². The van der Waals surface area contributed by atoms with Gasteiger partial charge in [0.1, 0.15) is 5.65 Å². The van der Waals surface area contributed by atoms with Crippen molar-refractivity contribution in [1.82, 2.24) is 20.0 Å². The van der Waals surface area contributed by atoms with Crippen LogP contribution < -0.4 is 10.6 Å². The van der Waals surface area contributed by atoms with Gasteiger partial charge in [0.2, 0.25) is 5.91 Å². The average Bonchev–Trinajstić information content (AvgIpc) is 2.94. The van der Waals surface area contributed by atoms with Crippen molar-refractivity contribution in [1.29, 1.82) is 0 Å². The van der Waals surface area contributed by atoms with Gasteiger partial charge in [-0.15, -0.1) is 24.8 Å². The summed E-state index contributed by atoms with van der Waals surface area (Å²) < 4.78 is 2.97. The quantitative estimate of drug-likeness (QED) is 0.754. The number of nitrogens with one attached hydrogen (secondary N) is 2. The maximum Gasteiger partial charge on any atom is 0.220 e. The van der Waals surface area contributed by atoms with Gasteiger partial charge in [0.15, 0.2) is 0 Å². The molecule has 24 heavy (non-hydrogen) atoms. The first-order chi connectivity index (χ1) is 10.7. The largest absolute Gasteiger partial charge is 0.350 e. The fourth-order valence-corrected chi connectivity index (χ4v) is 3.24. The number of piperidine rings is 1. The Morgan fingerprint density at radius 1 is 1.29 bits per heavy atom. The van der Waals surface area contributed by atoms with Crippen molar-refractivity contribution < 1.29 is 4.79 Å². The van der Waals surface area contributed by atoms with Crippen molar-refractivity contribution in [3.8, 4) is 0 Å². The van der Waals surface area contributed by atoms with E-state index in [-0.39, 0.29) is 30.7 Å². The Morgan fingerprint density at radius 2 is 2.04 bits per heavy atom. The second-order valence-electron chi connectivity index (χ2n) is 5.85. The lowest BCUT2D eigenvalue weighted by atomic mass is 9.93. The van der Waals surface area contributed by atoms with Gasteiger partial charge in [-0.1, -0.05) is 0 Å². The van der Waals surface area contributed by atoms with Gasteiger partial charge in [0, 0.05) is 23.3 Å². The van der Waals surface area contributed by atoms with Crippen molar-refractivity contribution in [2.24, 2.45) is 5.92 Å². The second-order valence-corrected chi connectivity index (χ2v) is 6.77. The van der Waals surface area contributed by atoms with E-state index in [1.807, 2.05) is 28.9 Å². The highest BCUT2D eigenvalue weighted by molar-refractivity contribution is 9.10. The summed E-state index contributed by atoms with van der Waals surface area (Å²) in [6, 6.07) is 3.91. The molecule has 134 valence electrons. The summed E-state index contributed by atoms with van der Waals surface area (Å²) >= 11 is 3.44. The van der Waals surface area contributed by atoms with Crippen LogP contribution in [0, 0.1) is 5.92 Å². The third-order valence-corrected chi connectivity index (χ3v) is 4.64. The van der Waals surface area contributed by atoms with Gasteiger partial charge in [0.25, 0.3) is 0 Å². The zero-order valence-electron chi connectivity index (χ0n) is 13.3. The smallest absolute Gasteiger partial charge is 0.220 e. The maximum absolute atomic E-state index is 12.0. The number of carbonyl (C=O) groups excluding carboxylic acids is 1. The molecule has 2 N–H and O–H groups in total. The molecule has 0 saturated carbocycles. The molecule has 0 atom stereocenters. The van der Waals surface area contributed by atoms with Crippen LogP contribution in [0.1, 0.15) is 31.4 Å². The fraction of sp³-hybridized carbons (Fsp3) is 0.500. The second kappa shape index (κ2) is 10.2. The lowest BCUT2D eigenvalue weighted by molar-refractivity contribution is -0.121. The number of fused-ring (bicyclic) bond motifs is 1. The molecule has 0 unspecified atom stereocenters. The Balaban J connectivity index is 0.00000144. The maximum atomic E-state index is 12.0. The van der Waals surface area contributed by atoms with Gasteiger partial charge in [-0.3, -0.25) is 4.79 Å². The number of rotatable bonds is 5. The number of nitrogens with zero attached hydrogens (tertiary/aromatic N) is 2. The summed E-state index contributed by atoms with van der Waals surface area (Å²) in [6.07, 6.45) is 7.90. The molecular weight excluding hydrogens is 415 g/mol. The molecule has 0 spiro atoms. The number of imidazole rings is 1. The number of aromatic nitrogens is 2. The highest BCUT2D eigenvalue weighted by Crippen LogP contribution is 2.17. The van der Waals surface area contributed by atoms with Crippen LogP contribution in [0.4, 0.5) is 0 Å². The molecule has 0 aromatic carbocycles. The van der Waals surface area contributed by atoms with Gasteiger partial charge in [-0.05, 0) is 66.3 Å². The first-order valence-electron chi connectivity index (χ1n) is 7.81. The third kappa shape index (κ3) is 5.92. The van der Waals surface area contributed by atoms with E-state index in [4.69, 9.17) is 0 Å². The van der Waals surface area contributed by atoms with E-state index in [9.17, 15) is 4.79 Å². The Hall–Kier alpha value is -0.820. The summed E-state index contributed by atoms with van der Waals surface area (Å²) in [4.78, 5) is 16.5. The average molecular weight is 438 g/mol. The molecule has 1 aliphatic heterocycles. The number of hydrogen-bond donors (Lipinski definition) is 2. The number of pyridine rings is 1. The topological polar surface area (TPSA) is 58.4 Å². The Labute approximate surface area is 162 Å². The minimum atomic E-state index is 0. The number of carbonyl (C=O) groups is 1. The molecular formula is C16H23BrCl2N4O. The molecule has 1 amide bonds. The molecule has 2 aromatic heterocycles. The molecule has 0 bridgehead atoms. The highest BCUT2D eigenvalue weighted by atomic mass is 79.9. The molecule has 1 saturated heterocycles. The molecule has 2 aromatic rings. The van der Waals surface area contributed by atoms with Crippen LogP contribution in [-0.4, -0.2) is 28.4 Å². The van der Waals surface area contributed by atoms with Gasteiger partial charge in [-0.25, -0.2) is 4.98 Å². The van der Waals surface area contributed by atoms with Crippen LogP contribution in [0.25, 0.3) is 5.65 Å². The first kappa shape index (κ1) is 21.2. The Morgan fingerprint density at radius 3 is 2.79 bits per heavy atom. The zero-order chi connectivity index (χ0) is 15.4. The van der Waals surface area contributed by atoms with Crippen LogP contribution in [0.2, 0.25) is 0 Å². The van der Waals surface area contributed by atoms with Gasteiger partial charge in [0.05, 0.1) is 12.2 Å². The summed E-state index contributed by atoms with van der Waals surface area (Å²) in [5, 5.41) is 6.32. The van der Waals surface area contributed by atoms with Crippen molar-refractivity contribution in [3.63, 3.8) is 0 Å². The number of halogens is 3. The molecule has 1 aliphatic rings. The lowest BCUT2D eigenvalue weighted by Gasteiger charge is -2.22. The standard InChI is InChI=1S/C16H21BrN4O.2ClH/c17-13-2-3-15-20-14(11-21(15)10-13)9-19-16(22)4-1-12-5-7-18-8-6-12;;/h2-3,10-12,18H,1,4-9H2,(H,19,22);2*1H. The molecule has 1 fully saturated rings. The molecule has 5 nitrogen and oxygen atoms in total. The van der Waals surface area contributed by atoms with E-state index in [1.165, 1.54) is 12.8 Å². The SMILES string of the molecule is Cl.Cl.O=C(CCC1CCNCC1)NCc1cn2cc(Br)ccc2n1. The van der Waals surface area contributed by atoms with Crippen molar-refractivity contribution in [2.45, 2.75) is 32.2 Å². The molecule has 8 heteroatoms. The number of hydrogen-bond acceptors (Lipinski definition) is 3. The van der Waals surface area contributed by atoms with Crippen LogP contribution >= 0.6 is 40.7 Å². The monoisotopic (exact) mass is 436 g/mol. The first-order valence-corrected chi connectivity index (χ1v) is 8.60. The predicted octanol–water partition coefficient (Wildman–Crippen LogP) is 3.34. The Kier molecular flexibility index (Phi) is 9.05. The van der Waals surface area contributed by atoms with E-state index in [1.54, 1.807) is 0 Å². The van der Waals surface area contributed by atoms with Crippen molar-refractivity contribution >= 4 is 52.3 Å². The van der Waals surface area contributed by atoms with Crippen LogP contribution in [0.15, 0.2) is 29.0 Å². The van der Waals surface area contributed by atoms with Crippen LogP contribution in [0.3, 0.4) is 0 Å². The van der Waals surface area contributed by atoms with E-state index < -0.39 is 0 Å². The number of amides is 1. The van der Waals surface area contributed by atoms with Gasteiger partial charge >= 0.3 is 0 Å². The summed E-state index contributed by atoms with van der Waals surface area (Å²) in [5.74, 6) is 0.816. The van der Waals surface area contributed by atoms with E-state index in [0.29, 0.717) is 18.9 Å². The van der Waals surface area contributed by atoms with E-state index in [2.05, 4.69) is 31.5 Å². The molecule has 0 radical (unpaired) electrons.